The van der Waals surface area contributed by atoms with Gasteiger partial charge >= 0.3 is 11.9 Å². The average Bonchev–Trinajstić information content (AvgIpc) is 3.08. The van der Waals surface area contributed by atoms with Crippen molar-refractivity contribution in [3.05, 3.63) is 85.0 Å². The maximum absolute atomic E-state index is 13.1. The predicted molar refractivity (Wildman–Crippen MR) is 118 cm³/mol. The van der Waals surface area contributed by atoms with E-state index in [1.54, 1.807) is 4.57 Å². The van der Waals surface area contributed by atoms with Crippen LogP contribution < -0.4 is 16.6 Å². The first-order valence-electron chi connectivity index (χ1n) is 9.41. The zero-order chi connectivity index (χ0) is 23.2. The Hall–Kier alpha value is -3.34. The van der Waals surface area contributed by atoms with Gasteiger partial charge in [0, 0.05) is 24.3 Å². The summed E-state index contributed by atoms with van der Waals surface area (Å²) in [5.74, 6) is 0.137. The Balaban J connectivity index is 1.92. The van der Waals surface area contributed by atoms with E-state index in [2.05, 4.69) is 26.2 Å². The van der Waals surface area contributed by atoms with Gasteiger partial charge < -0.3 is 5.32 Å². The van der Waals surface area contributed by atoms with Gasteiger partial charge in [0.1, 0.15) is 0 Å². The minimum Gasteiger partial charge on any atom is -0.326 e. The quantitative estimate of drug-likeness (QED) is 0.453. The highest BCUT2D eigenvalue weighted by atomic mass is 79.9. The molecule has 32 heavy (non-hydrogen) atoms. The van der Waals surface area contributed by atoms with Crippen molar-refractivity contribution in [1.29, 1.82) is 0 Å². The molecule has 166 valence electrons. The van der Waals surface area contributed by atoms with Crippen LogP contribution in [0.25, 0.3) is 11.2 Å². The molecule has 0 spiro atoms. The number of aromatic nitrogens is 4. The number of anilines is 2. The Bertz CT molecular complexity index is 1450. The molecule has 4 rings (SSSR count). The maximum atomic E-state index is 13.1. The molecule has 0 saturated carbocycles. The van der Waals surface area contributed by atoms with Crippen molar-refractivity contribution in [1.82, 2.24) is 18.7 Å². The third-order valence-electron chi connectivity index (χ3n) is 5.02. The van der Waals surface area contributed by atoms with Gasteiger partial charge in [-0.05, 0) is 35.9 Å². The van der Waals surface area contributed by atoms with Crippen LogP contribution in [-0.2, 0) is 26.8 Å². The van der Waals surface area contributed by atoms with Gasteiger partial charge in [-0.15, -0.1) is 0 Å². The number of imidazole rings is 1. The zero-order valence-electron chi connectivity index (χ0n) is 16.9. The number of halogens is 4. The van der Waals surface area contributed by atoms with Crippen molar-refractivity contribution in [2.45, 2.75) is 12.7 Å². The number of hydrogen-bond donors (Lipinski definition) is 1. The van der Waals surface area contributed by atoms with E-state index in [1.165, 1.54) is 30.8 Å². The molecular weight excluding hydrogens is 491 g/mol. The molecule has 0 aliphatic rings. The van der Waals surface area contributed by atoms with Gasteiger partial charge in [0.2, 0.25) is 5.95 Å². The molecular formula is C21H17BrF3N5O2. The summed E-state index contributed by atoms with van der Waals surface area (Å²) in [4.78, 5) is 29.7. The summed E-state index contributed by atoms with van der Waals surface area (Å²) in [5, 5.41) is 2.88. The number of fused-ring (bicyclic) bond motifs is 1. The summed E-state index contributed by atoms with van der Waals surface area (Å²) < 4.78 is 44.0. The first kappa shape index (κ1) is 21.9. The third-order valence-corrected chi connectivity index (χ3v) is 5.52. The van der Waals surface area contributed by atoms with Gasteiger partial charge in [-0.3, -0.25) is 18.5 Å². The number of nitrogens with one attached hydrogen (secondary N) is 1. The summed E-state index contributed by atoms with van der Waals surface area (Å²) in [7, 11) is 2.84. The smallest absolute Gasteiger partial charge is 0.326 e. The Kier molecular flexibility index (Phi) is 5.45. The average molecular weight is 508 g/mol. The molecule has 0 unspecified atom stereocenters. The topological polar surface area (TPSA) is 73.8 Å². The fraction of sp³-hybridized carbons (Fsp3) is 0.190. The second kappa shape index (κ2) is 7.97. The van der Waals surface area contributed by atoms with Crippen LogP contribution in [0.1, 0.15) is 11.1 Å². The molecule has 2 aromatic carbocycles. The molecule has 7 nitrogen and oxygen atoms in total. The Morgan fingerprint density at radius 3 is 2.44 bits per heavy atom. The van der Waals surface area contributed by atoms with Crippen molar-refractivity contribution in [3.8, 4) is 0 Å². The number of benzene rings is 2. The van der Waals surface area contributed by atoms with Crippen molar-refractivity contribution in [2.75, 3.05) is 5.32 Å². The Morgan fingerprint density at radius 1 is 1.03 bits per heavy atom. The van der Waals surface area contributed by atoms with Gasteiger partial charge in [0.25, 0.3) is 5.56 Å². The largest absolute Gasteiger partial charge is 0.416 e. The van der Waals surface area contributed by atoms with Gasteiger partial charge in [-0.25, -0.2) is 4.79 Å². The fourth-order valence-corrected chi connectivity index (χ4v) is 3.86. The SMILES string of the molecule is Cn1c(=O)c2c(nc(Nc3cccc(C(F)(F)F)c3)n2Cc2cccc(Br)c2)n(C)c1=O. The van der Waals surface area contributed by atoms with Crippen molar-refractivity contribution in [3.63, 3.8) is 0 Å². The molecule has 2 aromatic heterocycles. The Labute approximate surface area is 187 Å². The lowest BCUT2D eigenvalue weighted by molar-refractivity contribution is -0.137. The Morgan fingerprint density at radius 2 is 1.75 bits per heavy atom. The number of hydrogen-bond acceptors (Lipinski definition) is 4. The van der Waals surface area contributed by atoms with Crippen LogP contribution in [0.4, 0.5) is 24.8 Å². The summed E-state index contributed by atoms with van der Waals surface area (Å²) in [5.41, 5.74) is -0.677. The lowest BCUT2D eigenvalue weighted by Crippen LogP contribution is -2.37. The predicted octanol–water partition coefficient (Wildman–Crippen LogP) is 4.01. The van der Waals surface area contributed by atoms with E-state index in [0.29, 0.717) is 0 Å². The molecule has 0 aliphatic carbocycles. The van der Waals surface area contributed by atoms with Crippen molar-refractivity contribution in [2.24, 2.45) is 14.1 Å². The highest BCUT2D eigenvalue weighted by Crippen LogP contribution is 2.31. The second-order valence-corrected chi connectivity index (χ2v) is 8.15. The number of alkyl halides is 3. The van der Waals surface area contributed by atoms with Crippen LogP contribution in [0.2, 0.25) is 0 Å². The van der Waals surface area contributed by atoms with E-state index in [0.717, 1.165) is 26.7 Å². The van der Waals surface area contributed by atoms with Crippen LogP contribution in [0.5, 0.6) is 0 Å². The lowest BCUT2D eigenvalue weighted by Gasteiger charge is -2.13. The van der Waals surface area contributed by atoms with Gasteiger partial charge in [-0.2, -0.15) is 18.2 Å². The van der Waals surface area contributed by atoms with E-state index in [-0.39, 0.29) is 29.3 Å². The molecule has 1 N–H and O–H groups in total. The molecule has 0 radical (unpaired) electrons. The van der Waals surface area contributed by atoms with Gasteiger partial charge in [0.15, 0.2) is 11.2 Å². The van der Waals surface area contributed by atoms with Crippen LogP contribution in [0, 0.1) is 0 Å². The van der Waals surface area contributed by atoms with Gasteiger partial charge in [-0.1, -0.05) is 34.1 Å². The summed E-state index contributed by atoms with van der Waals surface area (Å²) in [6, 6.07) is 12.0. The highest BCUT2D eigenvalue weighted by molar-refractivity contribution is 9.10. The van der Waals surface area contributed by atoms with Crippen molar-refractivity contribution >= 4 is 38.7 Å². The molecule has 0 fully saturated rings. The number of rotatable bonds is 4. The molecule has 0 bridgehead atoms. The molecule has 0 atom stereocenters. The number of aryl methyl sites for hydroxylation is 1. The molecule has 2 heterocycles. The third kappa shape index (κ3) is 3.95. The lowest BCUT2D eigenvalue weighted by atomic mass is 10.2. The van der Waals surface area contributed by atoms with Crippen LogP contribution in [0.15, 0.2) is 62.6 Å². The van der Waals surface area contributed by atoms with E-state index in [1.807, 2.05) is 24.3 Å². The van der Waals surface area contributed by atoms with E-state index >= 15 is 0 Å². The van der Waals surface area contributed by atoms with E-state index < -0.39 is 23.0 Å². The summed E-state index contributed by atoms with van der Waals surface area (Å²) in [6.45, 7) is 0.199. The molecule has 0 aliphatic heterocycles. The number of nitrogens with zero attached hydrogens (tertiary/aromatic N) is 4. The minimum atomic E-state index is -4.51. The van der Waals surface area contributed by atoms with Crippen LogP contribution >= 0.6 is 15.9 Å². The van der Waals surface area contributed by atoms with Gasteiger partial charge in [0.05, 0.1) is 12.1 Å². The normalized spacial score (nSPS) is 11.8. The minimum absolute atomic E-state index is 0.127. The van der Waals surface area contributed by atoms with E-state index in [9.17, 15) is 22.8 Å². The van der Waals surface area contributed by atoms with Crippen LogP contribution in [0.3, 0.4) is 0 Å². The first-order chi connectivity index (χ1) is 15.1. The highest BCUT2D eigenvalue weighted by Gasteiger charge is 2.30. The zero-order valence-corrected chi connectivity index (χ0v) is 18.5. The maximum Gasteiger partial charge on any atom is 0.416 e. The first-order valence-corrected chi connectivity index (χ1v) is 10.2. The monoisotopic (exact) mass is 507 g/mol. The molecule has 4 aromatic rings. The van der Waals surface area contributed by atoms with E-state index in [4.69, 9.17) is 0 Å². The molecule has 0 saturated heterocycles. The molecule has 11 heteroatoms. The van der Waals surface area contributed by atoms with Crippen molar-refractivity contribution < 1.29 is 13.2 Å². The summed E-state index contributed by atoms with van der Waals surface area (Å²) >= 11 is 3.40. The molecule has 0 amide bonds. The summed E-state index contributed by atoms with van der Waals surface area (Å²) in [6.07, 6.45) is -4.51. The fourth-order valence-electron chi connectivity index (χ4n) is 3.42. The second-order valence-electron chi connectivity index (χ2n) is 7.23. The van der Waals surface area contributed by atoms with Crippen LogP contribution in [-0.4, -0.2) is 18.7 Å². The standard InChI is InChI=1S/C21H17BrF3N5O2/c1-28-17-16(18(31)29(2)20(28)32)30(11-12-5-3-7-14(22)9-12)19(27-17)26-15-8-4-6-13(10-15)21(23,24)25/h3-10H,11H2,1-2H3,(H,26,27).